The van der Waals surface area contributed by atoms with Crippen LogP contribution in [0, 0.1) is 0 Å². The molecule has 0 aliphatic heterocycles. The molecule has 0 saturated heterocycles. The van der Waals surface area contributed by atoms with Gasteiger partial charge < -0.3 is 10.1 Å². The van der Waals surface area contributed by atoms with Crippen molar-refractivity contribution in [2.45, 2.75) is 32.2 Å². The van der Waals surface area contributed by atoms with Crippen molar-refractivity contribution in [3.05, 3.63) is 24.3 Å². The number of ether oxygens (including phenoxy) is 1. The van der Waals surface area contributed by atoms with E-state index in [1.54, 1.807) is 18.6 Å². The Labute approximate surface area is 106 Å². The third-order valence-electron chi connectivity index (χ3n) is 2.38. The predicted molar refractivity (Wildman–Crippen MR) is 64.5 cm³/mol. The van der Waals surface area contributed by atoms with Crippen LogP contribution in [0.1, 0.15) is 31.5 Å². The Bertz CT molecular complexity index is 311. The van der Waals surface area contributed by atoms with Gasteiger partial charge in [0.1, 0.15) is 6.61 Å². The van der Waals surface area contributed by atoms with Crippen LogP contribution in [0.4, 0.5) is 8.78 Å². The fraction of sp³-hybridized carbons (Fsp3) is 0.667. The van der Waals surface area contributed by atoms with E-state index in [9.17, 15) is 8.78 Å². The summed E-state index contributed by atoms with van der Waals surface area (Å²) >= 11 is 0. The normalized spacial score (nSPS) is 12.9. The van der Waals surface area contributed by atoms with Crippen LogP contribution in [0.3, 0.4) is 0 Å². The second-order valence-electron chi connectivity index (χ2n) is 3.89. The first kappa shape index (κ1) is 14.9. The molecule has 4 nitrogen and oxygen atoms in total. The summed E-state index contributed by atoms with van der Waals surface area (Å²) < 4.78 is 28.7. The molecule has 6 heteroatoms. The summed E-state index contributed by atoms with van der Waals surface area (Å²) in [6.45, 7) is 2.67. The molecule has 0 fully saturated rings. The summed E-state index contributed by atoms with van der Waals surface area (Å²) in [5.41, 5.74) is 0.812. The molecule has 0 aromatic carbocycles. The molecule has 0 aliphatic rings. The lowest BCUT2D eigenvalue weighted by Crippen LogP contribution is -2.24. The molecule has 18 heavy (non-hydrogen) atoms. The van der Waals surface area contributed by atoms with Gasteiger partial charge in [-0.05, 0) is 19.4 Å². The fourth-order valence-electron chi connectivity index (χ4n) is 1.54. The molecule has 1 rings (SSSR count). The van der Waals surface area contributed by atoms with Crippen molar-refractivity contribution in [3.63, 3.8) is 0 Å². The molecule has 1 aromatic rings. The van der Waals surface area contributed by atoms with Crippen LogP contribution < -0.4 is 5.32 Å². The van der Waals surface area contributed by atoms with Crippen molar-refractivity contribution in [2.24, 2.45) is 0 Å². The first-order chi connectivity index (χ1) is 8.74. The molecule has 1 N–H and O–H groups in total. The zero-order valence-corrected chi connectivity index (χ0v) is 10.5. The third kappa shape index (κ3) is 5.97. The van der Waals surface area contributed by atoms with Crippen LogP contribution in [-0.4, -0.2) is 36.2 Å². The maximum Gasteiger partial charge on any atom is 0.261 e. The number of alkyl halides is 2. The molecule has 0 spiro atoms. The molecular formula is C12H19F2N3O. The van der Waals surface area contributed by atoms with Crippen LogP contribution in [0.15, 0.2) is 18.6 Å². The maximum atomic E-state index is 11.9. The van der Waals surface area contributed by atoms with E-state index in [2.05, 4.69) is 22.2 Å². The van der Waals surface area contributed by atoms with Gasteiger partial charge in [0.15, 0.2) is 0 Å². The van der Waals surface area contributed by atoms with Gasteiger partial charge in [0.25, 0.3) is 6.43 Å². The molecule has 1 heterocycles. The summed E-state index contributed by atoms with van der Waals surface area (Å²) in [7, 11) is 0. The van der Waals surface area contributed by atoms with Crippen molar-refractivity contribution in [1.82, 2.24) is 15.3 Å². The Morgan fingerprint density at radius 1 is 1.39 bits per heavy atom. The van der Waals surface area contributed by atoms with Gasteiger partial charge in [-0.1, -0.05) is 6.92 Å². The first-order valence-electron chi connectivity index (χ1n) is 6.09. The number of hydrogen-bond donors (Lipinski definition) is 1. The number of hydrogen-bond acceptors (Lipinski definition) is 4. The average molecular weight is 259 g/mol. The monoisotopic (exact) mass is 259 g/mol. The van der Waals surface area contributed by atoms with E-state index in [4.69, 9.17) is 4.74 Å². The third-order valence-corrected chi connectivity index (χ3v) is 2.38. The molecule has 0 aliphatic carbocycles. The van der Waals surface area contributed by atoms with E-state index in [1.165, 1.54) is 0 Å². The van der Waals surface area contributed by atoms with Crippen LogP contribution in [0.5, 0.6) is 0 Å². The maximum absolute atomic E-state index is 11.9. The molecule has 1 unspecified atom stereocenters. The second kappa shape index (κ2) is 8.88. The fourth-order valence-corrected chi connectivity index (χ4v) is 1.54. The van der Waals surface area contributed by atoms with Crippen LogP contribution in [0.25, 0.3) is 0 Å². The van der Waals surface area contributed by atoms with Crippen LogP contribution >= 0.6 is 0 Å². The van der Waals surface area contributed by atoms with Crippen molar-refractivity contribution in [2.75, 3.05) is 19.8 Å². The highest BCUT2D eigenvalue weighted by atomic mass is 19.3. The number of rotatable bonds is 9. The Balaban J connectivity index is 2.41. The topological polar surface area (TPSA) is 47.0 Å². The predicted octanol–water partition coefficient (Wildman–Crippen LogP) is 2.19. The standard InChI is InChI=1S/C12H19F2N3O/c1-2-4-16-10(3-7-18-9-12(13)14)11-8-15-5-6-17-11/h5-6,8,10,12,16H,2-4,7,9H2,1H3. The van der Waals surface area contributed by atoms with Gasteiger partial charge in [-0.2, -0.15) is 0 Å². The molecule has 1 atom stereocenters. The van der Waals surface area contributed by atoms with Crippen LogP contribution in [-0.2, 0) is 4.74 Å². The molecular weight excluding hydrogens is 240 g/mol. The van der Waals surface area contributed by atoms with Gasteiger partial charge >= 0.3 is 0 Å². The minimum absolute atomic E-state index is 0.00341. The van der Waals surface area contributed by atoms with E-state index in [0.717, 1.165) is 18.7 Å². The van der Waals surface area contributed by atoms with E-state index < -0.39 is 13.0 Å². The summed E-state index contributed by atoms with van der Waals surface area (Å²) in [6, 6.07) is -0.00341. The Hall–Kier alpha value is -1.14. The Morgan fingerprint density at radius 2 is 2.22 bits per heavy atom. The highest BCUT2D eigenvalue weighted by Crippen LogP contribution is 2.13. The second-order valence-corrected chi connectivity index (χ2v) is 3.89. The molecule has 1 aromatic heterocycles. The number of nitrogens with zero attached hydrogens (tertiary/aromatic N) is 2. The van der Waals surface area contributed by atoms with Gasteiger partial charge in [-0.15, -0.1) is 0 Å². The molecule has 0 amide bonds. The molecule has 0 radical (unpaired) electrons. The van der Waals surface area contributed by atoms with Gasteiger partial charge in [-0.3, -0.25) is 9.97 Å². The average Bonchev–Trinajstić information content (AvgIpc) is 2.38. The Morgan fingerprint density at radius 3 is 2.83 bits per heavy atom. The van der Waals surface area contributed by atoms with Gasteiger partial charge in [-0.25, -0.2) is 8.78 Å². The van der Waals surface area contributed by atoms with Crippen molar-refractivity contribution < 1.29 is 13.5 Å². The summed E-state index contributed by atoms with van der Waals surface area (Å²) in [6.07, 6.45) is 4.09. The van der Waals surface area contributed by atoms with Crippen LogP contribution in [0.2, 0.25) is 0 Å². The summed E-state index contributed by atoms with van der Waals surface area (Å²) in [5.74, 6) is 0. The van der Waals surface area contributed by atoms with E-state index in [1.807, 2.05) is 0 Å². The summed E-state index contributed by atoms with van der Waals surface area (Å²) in [4.78, 5) is 8.22. The zero-order valence-electron chi connectivity index (χ0n) is 10.5. The van der Waals surface area contributed by atoms with E-state index >= 15 is 0 Å². The first-order valence-corrected chi connectivity index (χ1v) is 6.09. The number of nitrogens with one attached hydrogen (secondary N) is 1. The van der Waals surface area contributed by atoms with E-state index in [0.29, 0.717) is 6.42 Å². The van der Waals surface area contributed by atoms with Gasteiger partial charge in [0.2, 0.25) is 0 Å². The lowest BCUT2D eigenvalue weighted by atomic mass is 10.1. The summed E-state index contributed by atoms with van der Waals surface area (Å²) in [5, 5.41) is 3.30. The molecule has 102 valence electrons. The quantitative estimate of drug-likeness (QED) is 0.691. The van der Waals surface area contributed by atoms with E-state index in [-0.39, 0.29) is 12.6 Å². The number of halogens is 2. The SMILES string of the molecule is CCCNC(CCOCC(F)F)c1cnccn1. The zero-order chi connectivity index (χ0) is 13.2. The Kier molecular flexibility index (Phi) is 7.36. The van der Waals surface area contributed by atoms with Crippen molar-refractivity contribution >= 4 is 0 Å². The smallest absolute Gasteiger partial charge is 0.261 e. The lowest BCUT2D eigenvalue weighted by Gasteiger charge is -2.17. The van der Waals surface area contributed by atoms with Gasteiger partial charge in [0.05, 0.1) is 11.7 Å². The largest absolute Gasteiger partial charge is 0.375 e. The highest BCUT2D eigenvalue weighted by Gasteiger charge is 2.12. The number of aromatic nitrogens is 2. The lowest BCUT2D eigenvalue weighted by molar-refractivity contribution is 0.0142. The van der Waals surface area contributed by atoms with Crippen molar-refractivity contribution in [1.29, 1.82) is 0 Å². The minimum Gasteiger partial charge on any atom is -0.375 e. The molecule has 0 saturated carbocycles. The van der Waals surface area contributed by atoms with Gasteiger partial charge in [0, 0.05) is 25.2 Å². The van der Waals surface area contributed by atoms with Crippen molar-refractivity contribution in [3.8, 4) is 0 Å². The minimum atomic E-state index is -2.41. The molecule has 0 bridgehead atoms. The highest BCUT2D eigenvalue weighted by molar-refractivity contribution is 5.02.